The van der Waals surface area contributed by atoms with Crippen molar-refractivity contribution in [3.8, 4) is 5.75 Å². The maximum absolute atomic E-state index is 13.1. The van der Waals surface area contributed by atoms with Gasteiger partial charge in [0.25, 0.3) is 5.91 Å². The Morgan fingerprint density at radius 1 is 1.16 bits per heavy atom. The summed E-state index contributed by atoms with van der Waals surface area (Å²) >= 11 is 0. The van der Waals surface area contributed by atoms with Gasteiger partial charge in [0.15, 0.2) is 17.2 Å². The van der Waals surface area contributed by atoms with Crippen LogP contribution in [0.3, 0.4) is 0 Å². The Labute approximate surface area is 183 Å². The van der Waals surface area contributed by atoms with Gasteiger partial charge >= 0.3 is 0 Å². The molecule has 0 spiro atoms. The Balaban J connectivity index is 1.58. The van der Waals surface area contributed by atoms with Crippen molar-refractivity contribution in [1.29, 1.82) is 0 Å². The highest BCUT2D eigenvalue weighted by Crippen LogP contribution is 2.38. The summed E-state index contributed by atoms with van der Waals surface area (Å²) in [7, 11) is 0. The van der Waals surface area contributed by atoms with Gasteiger partial charge in [-0.15, -0.1) is 0 Å². The minimum atomic E-state index is -0.949. The lowest BCUT2D eigenvalue weighted by Gasteiger charge is -2.41. The van der Waals surface area contributed by atoms with E-state index >= 15 is 0 Å². The van der Waals surface area contributed by atoms with Crippen molar-refractivity contribution >= 4 is 29.2 Å². The first-order chi connectivity index (χ1) is 14.9. The monoisotopic (exact) mass is 425 g/mol. The molecule has 1 saturated heterocycles. The zero-order valence-electron chi connectivity index (χ0n) is 18.7. The fraction of sp³-hybridized carbons (Fsp3) is 0.545. The van der Waals surface area contributed by atoms with E-state index < -0.39 is 5.60 Å². The molecule has 0 unspecified atom stereocenters. The highest BCUT2D eigenvalue weighted by Gasteiger charge is 2.44. The number of nitrogens with zero attached hydrogens (tertiary/aromatic N) is 5. The Morgan fingerprint density at radius 3 is 2.55 bits per heavy atom. The molecule has 31 heavy (non-hydrogen) atoms. The van der Waals surface area contributed by atoms with Gasteiger partial charge in [0.1, 0.15) is 5.82 Å². The fourth-order valence-corrected chi connectivity index (χ4v) is 4.05. The maximum Gasteiger partial charge on any atom is 0.272 e. The molecule has 0 bridgehead atoms. The molecule has 166 valence electrons. The lowest BCUT2D eigenvalue weighted by molar-refractivity contribution is -0.133. The number of anilines is 4. The predicted molar refractivity (Wildman–Crippen MR) is 121 cm³/mol. The highest BCUT2D eigenvalue weighted by atomic mass is 16.5. The number of amides is 1. The molecule has 0 aromatic carbocycles. The number of hydrogen-bond acceptors (Lipinski definition) is 8. The topological polar surface area (TPSA) is 95.5 Å². The van der Waals surface area contributed by atoms with Gasteiger partial charge in [-0.1, -0.05) is 13.8 Å². The van der Waals surface area contributed by atoms with Crippen LogP contribution in [0, 0.1) is 0 Å². The molecular formula is C22H31N7O2. The van der Waals surface area contributed by atoms with E-state index in [9.17, 15) is 4.79 Å². The summed E-state index contributed by atoms with van der Waals surface area (Å²) < 4.78 is 5.92. The number of carbonyl (C=O) groups excluding carboxylic acids is 1. The van der Waals surface area contributed by atoms with Gasteiger partial charge in [-0.05, 0) is 38.8 Å². The minimum absolute atomic E-state index is 0.0496. The number of pyridine rings is 1. The zero-order valence-corrected chi connectivity index (χ0v) is 18.7. The van der Waals surface area contributed by atoms with Crippen molar-refractivity contribution < 1.29 is 9.53 Å². The molecule has 9 nitrogen and oxygen atoms in total. The van der Waals surface area contributed by atoms with Crippen molar-refractivity contribution in [2.75, 3.05) is 41.3 Å². The third kappa shape index (κ3) is 4.27. The van der Waals surface area contributed by atoms with Crippen LogP contribution in [0.2, 0.25) is 0 Å². The maximum atomic E-state index is 13.1. The lowest BCUT2D eigenvalue weighted by atomic mass is 10.0. The molecule has 1 amide bonds. The van der Waals surface area contributed by atoms with Crippen LogP contribution < -0.4 is 25.2 Å². The van der Waals surface area contributed by atoms with Gasteiger partial charge in [-0.2, -0.15) is 4.98 Å². The van der Waals surface area contributed by atoms with Gasteiger partial charge < -0.3 is 20.3 Å². The molecule has 4 heterocycles. The van der Waals surface area contributed by atoms with E-state index in [1.807, 2.05) is 18.3 Å². The fourth-order valence-electron chi connectivity index (χ4n) is 4.05. The second-order valence-corrected chi connectivity index (χ2v) is 8.40. The van der Waals surface area contributed by atoms with Crippen molar-refractivity contribution in [2.45, 2.75) is 52.2 Å². The summed E-state index contributed by atoms with van der Waals surface area (Å²) in [6, 6.07) is 4.02. The van der Waals surface area contributed by atoms with E-state index in [4.69, 9.17) is 4.74 Å². The summed E-state index contributed by atoms with van der Waals surface area (Å²) in [4.78, 5) is 30.7. The van der Waals surface area contributed by atoms with E-state index in [-0.39, 0.29) is 11.9 Å². The summed E-state index contributed by atoms with van der Waals surface area (Å²) in [6.07, 6.45) is 5.15. The molecule has 4 rings (SSSR count). The van der Waals surface area contributed by atoms with Crippen LogP contribution in [-0.2, 0) is 4.79 Å². The summed E-state index contributed by atoms with van der Waals surface area (Å²) in [5.41, 5.74) is 0.148. The van der Waals surface area contributed by atoms with E-state index in [1.165, 1.54) is 0 Å². The Kier molecular flexibility index (Phi) is 5.95. The first-order valence-corrected chi connectivity index (χ1v) is 11.0. The number of hydrogen-bond donors (Lipinski definition) is 2. The average molecular weight is 426 g/mol. The Morgan fingerprint density at radius 2 is 1.90 bits per heavy atom. The molecule has 2 aliphatic rings. The normalized spacial score (nSPS) is 18.0. The van der Waals surface area contributed by atoms with Gasteiger partial charge in [-0.3, -0.25) is 9.69 Å². The van der Waals surface area contributed by atoms with E-state index in [2.05, 4.69) is 44.3 Å². The number of nitrogens with one attached hydrogen (secondary N) is 2. The van der Waals surface area contributed by atoms with Crippen LogP contribution in [0.5, 0.6) is 5.75 Å². The van der Waals surface area contributed by atoms with Gasteiger partial charge in [-0.25, -0.2) is 9.97 Å². The molecule has 9 heteroatoms. The van der Waals surface area contributed by atoms with Crippen molar-refractivity contribution in [3.63, 3.8) is 0 Å². The van der Waals surface area contributed by atoms with Crippen LogP contribution in [0.4, 0.5) is 23.3 Å². The number of aromatic nitrogens is 3. The van der Waals surface area contributed by atoms with Gasteiger partial charge in [0, 0.05) is 32.2 Å². The molecule has 0 saturated carbocycles. The van der Waals surface area contributed by atoms with Gasteiger partial charge in [0.2, 0.25) is 5.95 Å². The van der Waals surface area contributed by atoms with Gasteiger partial charge in [0.05, 0.1) is 18.1 Å². The number of rotatable bonds is 6. The SMILES string of the molecule is CCC(CC)N1C(=O)C(C)(C)Oc2cnc(Nc3ccc(N4CCNCC4)cn3)nc21. The van der Waals surface area contributed by atoms with Crippen molar-refractivity contribution in [2.24, 2.45) is 0 Å². The van der Waals surface area contributed by atoms with Crippen LogP contribution in [0.15, 0.2) is 24.5 Å². The summed E-state index contributed by atoms with van der Waals surface area (Å²) in [6.45, 7) is 11.6. The molecule has 0 aliphatic carbocycles. The second kappa shape index (κ2) is 8.66. The number of piperazine rings is 1. The van der Waals surface area contributed by atoms with E-state index in [0.717, 1.165) is 44.7 Å². The lowest BCUT2D eigenvalue weighted by Crippen LogP contribution is -2.56. The largest absolute Gasteiger partial charge is 0.472 e. The van der Waals surface area contributed by atoms with E-state index in [1.54, 1.807) is 24.9 Å². The Hall–Kier alpha value is -2.94. The summed E-state index contributed by atoms with van der Waals surface area (Å²) in [5.74, 6) is 1.97. The third-order valence-corrected chi connectivity index (χ3v) is 5.84. The molecule has 1 fully saturated rings. The smallest absolute Gasteiger partial charge is 0.272 e. The Bertz CT molecular complexity index is 922. The standard InChI is InChI=1S/C22H31N7O2/c1-5-15(6-2)29-19-17(31-22(3,4)20(29)30)14-25-21(27-19)26-18-8-7-16(13-24-18)28-11-9-23-10-12-28/h7-8,13-15,23H,5-6,9-12H2,1-4H3,(H,24,25,26,27). The molecule has 0 atom stereocenters. The van der Waals surface area contributed by atoms with Crippen molar-refractivity contribution in [1.82, 2.24) is 20.3 Å². The highest BCUT2D eigenvalue weighted by molar-refractivity contribution is 6.02. The number of carbonyl (C=O) groups is 1. The first kappa shape index (κ1) is 21.3. The zero-order chi connectivity index (χ0) is 22.0. The molecular weight excluding hydrogens is 394 g/mol. The molecule has 2 aromatic heterocycles. The first-order valence-electron chi connectivity index (χ1n) is 11.0. The molecule has 2 aromatic rings. The number of ether oxygens (including phenoxy) is 1. The van der Waals surface area contributed by atoms with Crippen LogP contribution in [0.1, 0.15) is 40.5 Å². The molecule has 0 radical (unpaired) electrons. The molecule has 2 N–H and O–H groups in total. The van der Waals surface area contributed by atoms with Crippen molar-refractivity contribution in [3.05, 3.63) is 24.5 Å². The van der Waals surface area contributed by atoms with E-state index in [0.29, 0.717) is 23.3 Å². The van der Waals surface area contributed by atoms with Crippen LogP contribution >= 0.6 is 0 Å². The van der Waals surface area contributed by atoms with Crippen LogP contribution in [-0.4, -0.2) is 58.7 Å². The summed E-state index contributed by atoms with van der Waals surface area (Å²) in [5, 5.41) is 6.51. The average Bonchev–Trinajstić information content (AvgIpc) is 2.78. The second-order valence-electron chi connectivity index (χ2n) is 8.40. The predicted octanol–water partition coefficient (Wildman–Crippen LogP) is 2.72. The molecule has 2 aliphatic heterocycles. The van der Waals surface area contributed by atoms with Crippen LogP contribution in [0.25, 0.3) is 0 Å². The number of fused-ring (bicyclic) bond motifs is 1. The quantitative estimate of drug-likeness (QED) is 0.729. The third-order valence-electron chi connectivity index (χ3n) is 5.84. The minimum Gasteiger partial charge on any atom is -0.472 e.